The van der Waals surface area contributed by atoms with Crippen LogP contribution in [0.3, 0.4) is 0 Å². The van der Waals surface area contributed by atoms with Gasteiger partial charge in [-0.2, -0.15) is 0 Å². The molecule has 39 heavy (non-hydrogen) atoms. The predicted molar refractivity (Wildman–Crippen MR) is 154 cm³/mol. The lowest BCUT2D eigenvalue weighted by molar-refractivity contribution is -0.150. The fourth-order valence-corrected chi connectivity index (χ4v) is 4.28. The quantitative estimate of drug-likeness (QED) is 0.197. The minimum Gasteiger partial charge on any atom is -0.463 e. The van der Waals surface area contributed by atoms with Crippen LogP contribution < -0.4 is 10.6 Å². The number of hydrogen-bond donors (Lipinski definition) is 3. The van der Waals surface area contributed by atoms with Gasteiger partial charge >= 0.3 is 5.97 Å². The topological polar surface area (TPSA) is 105 Å². The summed E-state index contributed by atoms with van der Waals surface area (Å²) in [5.41, 5.74) is 2.04. The van der Waals surface area contributed by atoms with Gasteiger partial charge in [0.25, 0.3) is 0 Å². The first-order valence-corrected chi connectivity index (χ1v) is 13.5. The van der Waals surface area contributed by atoms with E-state index in [1.807, 2.05) is 60.7 Å². The molecule has 0 heterocycles. The Morgan fingerprint density at radius 1 is 0.897 bits per heavy atom. The maximum Gasteiger partial charge on any atom is 0.309 e. The first-order chi connectivity index (χ1) is 18.9. The van der Waals surface area contributed by atoms with E-state index in [2.05, 4.69) is 23.8 Å². The number of nitrogens with one attached hydrogen (secondary N) is 2. The minimum absolute atomic E-state index is 0.00734. The summed E-state index contributed by atoms with van der Waals surface area (Å²) < 4.78 is 5.78. The Morgan fingerprint density at radius 2 is 1.51 bits per heavy atom. The van der Waals surface area contributed by atoms with Crippen molar-refractivity contribution in [1.29, 1.82) is 0 Å². The second kappa shape index (κ2) is 17.7. The molecule has 0 radical (unpaired) electrons. The Hall–Kier alpha value is -3.71. The maximum atomic E-state index is 13.2. The van der Waals surface area contributed by atoms with Crippen molar-refractivity contribution in [1.82, 2.24) is 10.6 Å². The number of amides is 2. The molecule has 210 valence electrons. The van der Waals surface area contributed by atoms with Crippen molar-refractivity contribution in [3.63, 3.8) is 0 Å². The summed E-state index contributed by atoms with van der Waals surface area (Å²) in [4.78, 5) is 38.8. The molecule has 0 spiro atoms. The number of carbonyl (C=O) groups excluding carboxylic acids is 3. The van der Waals surface area contributed by atoms with Crippen LogP contribution in [-0.2, 0) is 32.0 Å². The second-order valence-corrected chi connectivity index (χ2v) is 9.85. The van der Waals surface area contributed by atoms with Gasteiger partial charge in [0.15, 0.2) is 0 Å². The van der Waals surface area contributed by atoms with Crippen LogP contribution in [0.15, 0.2) is 86.0 Å². The summed E-state index contributed by atoms with van der Waals surface area (Å²) in [6, 6.07) is 18.6. The molecule has 7 nitrogen and oxygen atoms in total. The standard InChI is InChI=1S/C32H42N2O5/c1-4-6-18-28(19-25-14-9-7-10-15-25)32(38)39-23-29(20-26-16-11-8-12-17-26)34-31(37)27(13-5-2)21-30(36)33-24(3)22-35/h4-5,7-12,14-17,24,27-29,35H,1-2,6,13,18-23H2,3H3,(H,33,36)(H,34,37)/t24-,27+,28+,29-/m0/s1. The molecule has 7 heteroatoms. The number of esters is 1. The predicted octanol–water partition coefficient (Wildman–Crippen LogP) is 4.16. The second-order valence-electron chi connectivity index (χ2n) is 9.85. The lowest BCUT2D eigenvalue weighted by Crippen LogP contribution is -2.45. The van der Waals surface area contributed by atoms with E-state index in [9.17, 15) is 19.5 Å². The molecule has 0 saturated heterocycles. The van der Waals surface area contributed by atoms with Gasteiger partial charge in [0.2, 0.25) is 11.8 Å². The van der Waals surface area contributed by atoms with Crippen molar-refractivity contribution in [2.24, 2.45) is 11.8 Å². The molecule has 0 unspecified atom stereocenters. The van der Waals surface area contributed by atoms with Gasteiger partial charge in [-0.1, -0.05) is 72.8 Å². The molecule has 4 atom stereocenters. The lowest BCUT2D eigenvalue weighted by Gasteiger charge is -2.24. The van der Waals surface area contributed by atoms with Crippen molar-refractivity contribution in [2.45, 2.75) is 57.5 Å². The Kier molecular flexibility index (Phi) is 14.3. The van der Waals surface area contributed by atoms with Crippen LogP contribution in [0, 0.1) is 11.8 Å². The van der Waals surface area contributed by atoms with E-state index in [-0.39, 0.29) is 43.3 Å². The first-order valence-electron chi connectivity index (χ1n) is 13.5. The van der Waals surface area contributed by atoms with Gasteiger partial charge < -0.3 is 20.5 Å². The molecule has 0 fully saturated rings. The van der Waals surface area contributed by atoms with Crippen LogP contribution in [0.5, 0.6) is 0 Å². The normalized spacial score (nSPS) is 13.8. The molecule has 0 saturated carbocycles. The van der Waals surface area contributed by atoms with Crippen LogP contribution >= 0.6 is 0 Å². The third kappa shape index (κ3) is 12.1. The molecule has 2 amide bonds. The highest BCUT2D eigenvalue weighted by Gasteiger charge is 2.26. The molecule has 0 aliphatic rings. The average molecular weight is 535 g/mol. The van der Waals surface area contributed by atoms with E-state index in [0.717, 1.165) is 11.1 Å². The summed E-state index contributed by atoms with van der Waals surface area (Å²) in [6.07, 6.45) is 6.00. The maximum absolute atomic E-state index is 13.2. The van der Waals surface area contributed by atoms with Crippen LogP contribution in [0.2, 0.25) is 0 Å². The van der Waals surface area contributed by atoms with Crippen molar-refractivity contribution in [2.75, 3.05) is 13.2 Å². The molecule has 0 bridgehead atoms. The van der Waals surface area contributed by atoms with E-state index < -0.39 is 18.0 Å². The Balaban J connectivity index is 2.11. The molecule has 0 aliphatic heterocycles. The molecule has 0 aromatic heterocycles. The van der Waals surface area contributed by atoms with Crippen molar-refractivity contribution >= 4 is 17.8 Å². The largest absolute Gasteiger partial charge is 0.463 e. The zero-order valence-electron chi connectivity index (χ0n) is 22.9. The summed E-state index contributed by atoms with van der Waals surface area (Å²) >= 11 is 0. The van der Waals surface area contributed by atoms with Gasteiger partial charge in [-0.15, -0.1) is 13.2 Å². The molecular formula is C32H42N2O5. The van der Waals surface area contributed by atoms with Gasteiger partial charge in [0.1, 0.15) is 6.61 Å². The van der Waals surface area contributed by atoms with E-state index in [1.54, 1.807) is 19.1 Å². The highest BCUT2D eigenvalue weighted by Crippen LogP contribution is 2.18. The van der Waals surface area contributed by atoms with E-state index >= 15 is 0 Å². The van der Waals surface area contributed by atoms with Crippen LogP contribution in [0.25, 0.3) is 0 Å². The monoisotopic (exact) mass is 534 g/mol. The van der Waals surface area contributed by atoms with Gasteiger partial charge in [-0.25, -0.2) is 0 Å². The molecule has 3 N–H and O–H groups in total. The highest BCUT2D eigenvalue weighted by molar-refractivity contribution is 5.86. The number of carbonyl (C=O) groups is 3. The van der Waals surface area contributed by atoms with Crippen LogP contribution in [0.4, 0.5) is 0 Å². The van der Waals surface area contributed by atoms with Crippen LogP contribution in [-0.4, -0.2) is 48.2 Å². The van der Waals surface area contributed by atoms with Crippen molar-refractivity contribution in [3.05, 3.63) is 97.1 Å². The SMILES string of the molecule is C=CCC[C@H](Cc1ccccc1)C(=O)OC[C@H](Cc1ccccc1)NC(=O)[C@H](CC=C)CC(=O)N[C@@H](C)CO. The van der Waals surface area contributed by atoms with Crippen LogP contribution in [0.1, 0.15) is 43.7 Å². The minimum atomic E-state index is -0.638. The zero-order valence-corrected chi connectivity index (χ0v) is 22.9. The number of benzene rings is 2. The third-order valence-corrected chi connectivity index (χ3v) is 6.41. The fourth-order valence-electron chi connectivity index (χ4n) is 4.28. The molecule has 2 aromatic carbocycles. The lowest BCUT2D eigenvalue weighted by atomic mass is 9.95. The number of hydrogen-bond acceptors (Lipinski definition) is 5. The van der Waals surface area contributed by atoms with E-state index in [0.29, 0.717) is 32.1 Å². The molecule has 2 aromatic rings. The van der Waals surface area contributed by atoms with Gasteiger partial charge in [0, 0.05) is 12.5 Å². The number of ether oxygens (including phenoxy) is 1. The number of allylic oxidation sites excluding steroid dienone is 2. The number of aliphatic hydroxyl groups is 1. The number of aliphatic hydroxyl groups excluding tert-OH is 1. The van der Waals surface area contributed by atoms with Gasteiger partial charge in [-0.05, 0) is 50.2 Å². The Labute approximate surface area is 232 Å². The number of rotatable bonds is 18. The van der Waals surface area contributed by atoms with E-state index in [1.165, 1.54) is 0 Å². The smallest absolute Gasteiger partial charge is 0.309 e. The summed E-state index contributed by atoms with van der Waals surface area (Å²) in [5, 5.41) is 14.9. The highest BCUT2D eigenvalue weighted by atomic mass is 16.5. The molecule has 2 rings (SSSR count). The fraction of sp³-hybridized carbons (Fsp3) is 0.406. The van der Waals surface area contributed by atoms with Gasteiger partial charge in [0.05, 0.1) is 24.5 Å². The summed E-state index contributed by atoms with van der Waals surface area (Å²) in [6.45, 7) is 9.01. The summed E-state index contributed by atoms with van der Waals surface area (Å²) in [7, 11) is 0. The molecule has 0 aliphatic carbocycles. The summed E-state index contributed by atoms with van der Waals surface area (Å²) in [5.74, 6) is -1.92. The van der Waals surface area contributed by atoms with Gasteiger partial charge in [-0.3, -0.25) is 14.4 Å². The first kappa shape index (κ1) is 31.5. The Morgan fingerprint density at radius 3 is 2.08 bits per heavy atom. The third-order valence-electron chi connectivity index (χ3n) is 6.41. The van der Waals surface area contributed by atoms with E-state index in [4.69, 9.17) is 4.74 Å². The Bertz CT molecular complexity index is 1040. The average Bonchev–Trinajstić information content (AvgIpc) is 2.94. The zero-order chi connectivity index (χ0) is 28.5. The molecular weight excluding hydrogens is 492 g/mol. The van der Waals surface area contributed by atoms with Crippen molar-refractivity contribution < 1.29 is 24.2 Å². The van der Waals surface area contributed by atoms with Crippen molar-refractivity contribution in [3.8, 4) is 0 Å².